The summed E-state index contributed by atoms with van der Waals surface area (Å²) in [7, 11) is 0. The first-order valence-corrected chi connectivity index (χ1v) is 7.06. The van der Waals surface area contributed by atoms with Crippen molar-refractivity contribution in [3.05, 3.63) is 48.6 Å². The van der Waals surface area contributed by atoms with E-state index in [4.69, 9.17) is 4.74 Å². The van der Waals surface area contributed by atoms with Crippen LogP contribution in [0.3, 0.4) is 0 Å². The van der Waals surface area contributed by atoms with Gasteiger partial charge in [-0.1, -0.05) is 57.2 Å². The summed E-state index contributed by atoms with van der Waals surface area (Å²) >= 11 is 0. The van der Waals surface area contributed by atoms with E-state index in [1.807, 2.05) is 30.3 Å². The zero-order chi connectivity index (χ0) is 16.8. The first kappa shape index (κ1) is 17.8. The van der Waals surface area contributed by atoms with Crippen LogP contribution in [-0.4, -0.2) is 22.7 Å². The molecule has 120 valence electrons. The molecule has 0 spiro atoms. The maximum absolute atomic E-state index is 12.0. The number of carbonyl (C=O) groups excluding carboxylic acids is 1. The van der Waals surface area contributed by atoms with Gasteiger partial charge < -0.3 is 15.2 Å². The monoisotopic (exact) mass is 305 g/mol. The lowest BCUT2D eigenvalue weighted by Gasteiger charge is -2.40. The zero-order valence-electron chi connectivity index (χ0n) is 13.3. The highest BCUT2D eigenvalue weighted by atomic mass is 16.5. The Balaban J connectivity index is 2.83. The third kappa shape index (κ3) is 4.10. The van der Waals surface area contributed by atoms with Crippen LogP contribution < -0.4 is 5.32 Å². The van der Waals surface area contributed by atoms with E-state index in [-0.39, 0.29) is 13.0 Å². The molecule has 1 aromatic carbocycles. The first-order chi connectivity index (χ1) is 10.2. The van der Waals surface area contributed by atoms with Crippen molar-refractivity contribution in [3.63, 3.8) is 0 Å². The van der Waals surface area contributed by atoms with Crippen LogP contribution in [0.15, 0.2) is 43.0 Å². The molecule has 0 radical (unpaired) electrons. The van der Waals surface area contributed by atoms with Crippen molar-refractivity contribution in [2.24, 2.45) is 5.41 Å². The summed E-state index contributed by atoms with van der Waals surface area (Å²) in [6.07, 6.45) is 0.825. The number of hydrogen-bond donors (Lipinski definition) is 2. The number of aliphatic carboxylic acids is 1. The van der Waals surface area contributed by atoms with Gasteiger partial charge in [0.05, 0.1) is 0 Å². The summed E-state index contributed by atoms with van der Waals surface area (Å²) in [6, 6.07) is 9.19. The molecule has 0 unspecified atom stereocenters. The number of rotatable bonds is 6. The Bertz CT molecular complexity index is 533. The Hall–Kier alpha value is -2.30. The molecular formula is C17H23NO4. The second-order valence-corrected chi connectivity index (χ2v) is 6.14. The molecular weight excluding hydrogens is 282 g/mol. The minimum atomic E-state index is -1.47. The molecule has 5 nitrogen and oxygen atoms in total. The summed E-state index contributed by atoms with van der Waals surface area (Å²) in [5.41, 5.74) is -1.35. The number of alkyl carbamates (subject to hydrolysis) is 1. The number of carboxylic acids is 1. The second-order valence-electron chi connectivity index (χ2n) is 6.14. The van der Waals surface area contributed by atoms with Crippen LogP contribution in [0.1, 0.15) is 32.8 Å². The van der Waals surface area contributed by atoms with Gasteiger partial charge in [-0.3, -0.25) is 0 Å². The molecule has 0 heterocycles. The predicted molar refractivity (Wildman–Crippen MR) is 84.4 cm³/mol. The molecule has 0 fully saturated rings. The fourth-order valence-corrected chi connectivity index (χ4v) is 2.16. The van der Waals surface area contributed by atoms with Crippen LogP contribution in [-0.2, 0) is 16.1 Å². The molecule has 5 heteroatoms. The van der Waals surface area contributed by atoms with Gasteiger partial charge in [-0.2, -0.15) is 0 Å². The second kappa shape index (κ2) is 7.11. The number of amides is 1. The van der Waals surface area contributed by atoms with Gasteiger partial charge in [0, 0.05) is 0 Å². The average Bonchev–Trinajstić information content (AvgIpc) is 2.44. The minimum absolute atomic E-state index is 0.0839. The Kier molecular flexibility index (Phi) is 5.74. The maximum Gasteiger partial charge on any atom is 0.408 e. The molecule has 1 atom stereocenters. The van der Waals surface area contributed by atoms with Crippen molar-refractivity contribution in [1.29, 1.82) is 0 Å². The van der Waals surface area contributed by atoms with E-state index in [0.29, 0.717) is 0 Å². The molecule has 1 aromatic rings. The fraction of sp³-hybridized carbons (Fsp3) is 0.412. The summed E-state index contributed by atoms with van der Waals surface area (Å²) in [4.78, 5) is 23.8. The number of ether oxygens (including phenoxy) is 1. The molecule has 0 saturated carbocycles. The van der Waals surface area contributed by atoms with E-state index < -0.39 is 23.0 Å². The third-order valence-corrected chi connectivity index (χ3v) is 3.62. The van der Waals surface area contributed by atoms with Gasteiger partial charge in [0.15, 0.2) is 0 Å². The number of nitrogens with one attached hydrogen (secondary N) is 1. The lowest BCUT2D eigenvalue weighted by molar-refractivity contribution is -0.149. The zero-order valence-corrected chi connectivity index (χ0v) is 13.3. The minimum Gasteiger partial charge on any atom is -0.479 e. The van der Waals surface area contributed by atoms with Crippen molar-refractivity contribution in [2.75, 3.05) is 0 Å². The van der Waals surface area contributed by atoms with Gasteiger partial charge in [0.1, 0.15) is 12.1 Å². The highest BCUT2D eigenvalue weighted by molar-refractivity contribution is 5.85. The molecule has 0 aliphatic heterocycles. The number of carbonyl (C=O) groups is 2. The van der Waals surface area contributed by atoms with Gasteiger partial charge in [-0.25, -0.2) is 9.59 Å². The molecule has 0 aromatic heterocycles. The van der Waals surface area contributed by atoms with Gasteiger partial charge in [-0.15, -0.1) is 6.58 Å². The van der Waals surface area contributed by atoms with Crippen LogP contribution in [0.2, 0.25) is 0 Å². The summed E-state index contributed by atoms with van der Waals surface area (Å²) in [5.74, 6) is -1.11. The van der Waals surface area contributed by atoms with Crippen LogP contribution in [0, 0.1) is 5.41 Å². The molecule has 0 aliphatic rings. The smallest absolute Gasteiger partial charge is 0.408 e. The van der Waals surface area contributed by atoms with Crippen LogP contribution in [0.4, 0.5) is 4.79 Å². The van der Waals surface area contributed by atoms with Crippen molar-refractivity contribution < 1.29 is 19.4 Å². The lowest BCUT2D eigenvalue weighted by Crippen LogP contribution is -2.62. The average molecular weight is 305 g/mol. The van der Waals surface area contributed by atoms with Gasteiger partial charge in [0.25, 0.3) is 0 Å². The quantitative estimate of drug-likeness (QED) is 0.790. The van der Waals surface area contributed by atoms with Crippen molar-refractivity contribution in [2.45, 2.75) is 39.3 Å². The van der Waals surface area contributed by atoms with E-state index in [2.05, 4.69) is 11.9 Å². The molecule has 1 amide bonds. The largest absolute Gasteiger partial charge is 0.479 e. The molecule has 2 N–H and O–H groups in total. The van der Waals surface area contributed by atoms with Crippen molar-refractivity contribution in [3.8, 4) is 0 Å². The Morgan fingerprint density at radius 1 is 1.27 bits per heavy atom. The Labute approximate surface area is 131 Å². The first-order valence-electron chi connectivity index (χ1n) is 7.06. The molecule has 22 heavy (non-hydrogen) atoms. The standard InChI is InChI=1S/C17H23NO4/c1-5-11-17(14(19)20,16(2,3)4)18-15(21)22-12-13-9-7-6-8-10-13/h5-10H,1,11-12H2,2-4H3,(H,18,21)(H,19,20)/t17-/m0/s1. The summed E-state index contributed by atoms with van der Waals surface area (Å²) in [6.45, 7) is 8.93. The van der Waals surface area contributed by atoms with E-state index in [9.17, 15) is 14.7 Å². The van der Waals surface area contributed by atoms with E-state index in [0.717, 1.165) is 5.56 Å². The topological polar surface area (TPSA) is 75.6 Å². The normalized spacial score (nSPS) is 13.8. The highest BCUT2D eigenvalue weighted by Crippen LogP contribution is 2.34. The van der Waals surface area contributed by atoms with Crippen LogP contribution in [0.25, 0.3) is 0 Å². The Morgan fingerprint density at radius 2 is 1.86 bits per heavy atom. The molecule has 0 saturated heterocycles. The Morgan fingerprint density at radius 3 is 2.32 bits per heavy atom. The maximum atomic E-state index is 12.0. The lowest BCUT2D eigenvalue weighted by atomic mass is 9.71. The van der Waals surface area contributed by atoms with E-state index >= 15 is 0 Å². The molecule has 1 rings (SSSR count). The van der Waals surface area contributed by atoms with Crippen LogP contribution >= 0.6 is 0 Å². The van der Waals surface area contributed by atoms with Gasteiger partial charge in [-0.05, 0) is 17.4 Å². The van der Waals surface area contributed by atoms with Gasteiger partial charge in [0.2, 0.25) is 0 Å². The number of benzene rings is 1. The number of carboxylic acid groups (broad SMARTS) is 1. The van der Waals surface area contributed by atoms with E-state index in [1.165, 1.54) is 6.08 Å². The van der Waals surface area contributed by atoms with Gasteiger partial charge >= 0.3 is 12.1 Å². The summed E-state index contributed by atoms with van der Waals surface area (Å²) < 4.78 is 5.13. The predicted octanol–water partition coefficient (Wildman–Crippen LogP) is 3.36. The molecule has 0 bridgehead atoms. The third-order valence-electron chi connectivity index (χ3n) is 3.62. The number of hydrogen-bond acceptors (Lipinski definition) is 3. The fourth-order valence-electron chi connectivity index (χ4n) is 2.16. The SMILES string of the molecule is C=CC[C@](NC(=O)OCc1ccccc1)(C(=O)O)C(C)(C)C. The van der Waals surface area contributed by atoms with E-state index in [1.54, 1.807) is 20.8 Å². The van der Waals surface area contributed by atoms with Crippen LogP contribution in [0.5, 0.6) is 0 Å². The van der Waals surface area contributed by atoms with Crippen molar-refractivity contribution >= 4 is 12.1 Å². The highest BCUT2D eigenvalue weighted by Gasteiger charge is 2.49. The molecule has 0 aliphatic carbocycles. The summed E-state index contributed by atoms with van der Waals surface area (Å²) in [5, 5.41) is 12.1. The van der Waals surface area contributed by atoms with Crippen molar-refractivity contribution in [1.82, 2.24) is 5.32 Å².